The zero-order chi connectivity index (χ0) is 17.1. The highest BCUT2D eigenvalue weighted by Crippen LogP contribution is 2.24. The number of nitrogens with zero attached hydrogens (tertiary/aromatic N) is 4. The van der Waals surface area contributed by atoms with Crippen molar-refractivity contribution < 1.29 is 9.18 Å². The summed E-state index contributed by atoms with van der Waals surface area (Å²) >= 11 is 1.39. The molecule has 1 aromatic carbocycles. The Morgan fingerprint density at radius 2 is 1.92 bits per heavy atom. The van der Waals surface area contributed by atoms with Crippen molar-refractivity contribution in [2.45, 2.75) is 24.9 Å². The second kappa shape index (κ2) is 7.34. The molecule has 0 N–H and O–H groups in total. The minimum absolute atomic E-state index is 0.151. The lowest BCUT2D eigenvalue weighted by Crippen LogP contribution is -2.38. The third-order valence-corrected chi connectivity index (χ3v) is 5.40. The van der Waals surface area contributed by atoms with Crippen LogP contribution in [0.1, 0.15) is 19.8 Å². The molecule has 1 amide bonds. The van der Waals surface area contributed by atoms with Crippen molar-refractivity contribution in [2.75, 3.05) is 18.8 Å². The second-order valence-electron chi connectivity index (χ2n) is 6.22. The van der Waals surface area contributed by atoms with E-state index in [0.717, 1.165) is 31.5 Å². The smallest absolute Gasteiger partial charge is 0.233 e. The monoisotopic (exact) mass is 348 g/mol. The number of benzene rings is 1. The van der Waals surface area contributed by atoms with Gasteiger partial charge in [-0.25, -0.2) is 4.39 Å². The molecule has 1 aliphatic heterocycles. The molecule has 0 bridgehead atoms. The van der Waals surface area contributed by atoms with Crippen LogP contribution in [0.15, 0.2) is 29.4 Å². The molecule has 2 heterocycles. The van der Waals surface area contributed by atoms with Crippen LogP contribution in [-0.2, 0) is 11.8 Å². The number of piperidine rings is 1. The van der Waals surface area contributed by atoms with E-state index in [1.165, 1.54) is 23.9 Å². The first kappa shape index (κ1) is 17.0. The normalized spacial score (nSPS) is 15.7. The number of carbonyl (C=O) groups is 1. The molecule has 0 atom stereocenters. The first-order chi connectivity index (χ1) is 11.5. The van der Waals surface area contributed by atoms with E-state index in [1.807, 2.05) is 16.5 Å². The van der Waals surface area contributed by atoms with Crippen LogP contribution in [0.2, 0.25) is 0 Å². The molecule has 7 heteroatoms. The molecule has 0 radical (unpaired) electrons. The van der Waals surface area contributed by atoms with Crippen molar-refractivity contribution >= 4 is 17.7 Å². The Bertz CT molecular complexity index is 708. The molecule has 1 fully saturated rings. The molecular formula is C17H21FN4OS. The van der Waals surface area contributed by atoms with E-state index in [4.69, 9.17) is 0 Å². The lowest BCUT2D eigenvalue weighted by atomic mass is 9.99. The van der Waals surface area contributed by atoms with Gasteiger partial charge in [-0.15, -0.1) is 10.2 Å². The summed E-state index contributed by atoms with van der Waals surface area (Å²) in [6.07, 6.45) is 2.16. The fourth-order valence-electron chi connectivity index (χ4n) is 2.77. The molecule has 2 aromatic rings. The van der Waals surface area contributed by atoms with Crippen LogP contribution in [0.25, 0.3) is 11.4 Å². The highest BCUT2D eigenvalue weighted by Gasteiger charge is 2.21. The SMILES string of the molecule is CC1CCN(C(=O)CSc2nnc(-c3ccc(F)cc3)n2C)CC1. The van der Waals surface area contributed by atoms with Crippen LogP contribution in [-0.4, -0.2) is 44.4 Å². The number of hydrogen-bond acceptors (Lipinski definition) is 4. The van der Waals surface area contributed by atoms with Gasteiger partial charge in [0.15, 0.2) is 11.0 Å². The number of rotatable bonds is 4. The van der Waals surface area contributed by atoms with Crippen molar-refractivity contribution in [3.05, 3.63) is 30.1 Å². The summed E-state index contributed by atoms with van der Waals surface area (Å²) in [5, 5.41) is 9.00. The molecule has 1 aliphatic rings. The van der Waals surface area contributed by atoms with Crippen LogP contribution in [0, 0.1) is 11.7 Å². The van der Waals surface area contributed by atoms with Crippen LogP contribution in [0.3, 0.4) is 0 Å². The highest BCUT2D eigenvalue weighted by molar-refractivity contribution is 7.99. The summed E-state index contributed by atoms with van der Waals surface area (Å²) in [5.41, 5.74) is 0.801. The molecule has 1 saturated heterocycles. The van der Waals surface area contributed by atoms with E-state index < -0.39 is 0 Å². The van der Waals surface area contributed by atoms with Crippen molar-refractivity contribution in [2.24, 2.45) is 13.0 Å². The number of amides is 1. The zero-order valence-electron chi connectivity index (χ0n) is 13.9. The lowest BCUT2D eigenvalue weighted by molar-refractivity contribution is -0.129. The summed E-state index contributed by atoms with van der Waals surface area (Å²) in [6, 6.07) is 6.15. The van der Waals surface area contributed by atoms with Gasteiger partial charge in [0.1, 0.15) is 5.82 Å². The Hall–Kier alpha value is -1.89. The maximum Gasteiger partial charge on any atom is 0.233 e. The lowest BCUT2D eigenvalue weighted by Gasteiger charge is -2.30. The maximum absolute atomic E-state index is 13.0. The van der Waals surface area contributed by atoms with Gasteiger partial charge in [0, 0.05) is 25.7 Å². The van der Waals surface area contributed by atoms with Gasteiger partial charge in [0.2, 0.25) is 5.91 Å². The second-order valence-corrected chi connectivity index (χ2v) is 7.17. The van der Waals surface area contributed by atoms with Gasteiger partial charge in [-0.2, -0.15) is 0 Å². The van der Waals surface area contributed by atoms with Gasteiger partial charge < -0.3 is 9.47 Å². The summed E-state index contributed by atoms with van der Waals surface area (Å²) in [5.74, 6) is 1.61. The first-order valence-corrected chi connectivity index (χ1v) is 9.09. The summed E-state index contributed by atoms with van der Waals surface area (Å²) in [7, 11) is 1.86. The molecule has 0 aliphatic carbocycles. The Balaban J connectivity index is 1.62. The summed E-state index contributed by atoms with van der Waals surface area (Å²) in [4.78, 5) is 14.2. The standard InChI is InChI=1S/C17H21FN4OS/c1-12-7-9-22(10-8-12)15(23)11-24-17-20-19-16(21(17)2)13-3-5-14(18)6-4-13/h3-6,12H,7-11H2,1-2H3. The topological polar surface area (TPSA) is 51.0 Å². The predicted octanol–water partition coefficient (Wildman–Crippen LogP) is 2.97. The van der Waals surface area contributed by atoms with Gasteiger partial charge in [-0.1, -0.05) is 18.7 Å². The van der Waals surface area contributed by atoms with Gasteiger partial charge in [0.25, 0.3) is 0 Å². The molecule has 3 rings (SSSR count). The fraction of sp³-hybridized carbons (Fsp3) is 0.471. The predicted molar refractivity (Wildman–Crippen MR) is 92.1 cm³/mol. The first-order valence-electron chi connectivity index (χ1n) is 8.10. The number of carbonyl (C=O) groups excluding carboxylic acids is 1. The third-order valence-electron chi connectivity index (χ3n) is 4.40. The highest BCUT2D eigenvalue weighted by atomic mass is 32.2. The van der Waals surface area contributed by atoms with Gasteiger partial charge in [-0.3, -0.25) is 4.79 Å². The summed E-state index contributed by atoms with van der Waals surface area (Å²) < 4.78 is 14.9. The summed E-state index contributed by atoms with van der Waals surface area (Å²) in [6.45, 7) is 3.92. The number of hydrogen-bond donors (Lipinski definition) is 0. The molecule has 0 spiro atoms. The van der Waals surface area contributed by atoms with Gasteiger partial charge >= 0.3 is 0 Å². The van der Waals surface area contributed by atoms with Crippen molar-refractivity contribution in [3.8, 4) is 11.4 Å². The molecule has 0 unspecified atom stereocenters. The largest absolute Gasteiger partial charge is 0.342 e. The maximum atomic E-state index is 13.0. The van der Waals surface area contributed by atoms with E-state index in [0.29, 0.717) is 22.7 Å². The van der Waals surface area contributed by atoms with E-state index in [-0.39, 0.29) is 11.7 Å². The quantitative estimate of drug-likeness (QED) is 0.797. The van der Waals surface area contributed by atoms with Gasteiger partial charge in [0.05, 0.1) is 5.75 Å². The molecule has 5 nitrogen and oxygen atoms in total. The van der Waals surface area contributed by atoms with Crippen LogP contribution in [0.5, 0.6) is 0 Å². The Kier molecular flexibility index (Phi) is 5.18. The molecular weight excluding hydrogens is 327 g/mol. The van der Waals surface area contributed by atoms with E-state index >= 15 is 0 Å². The molecule has 128 valence electrons. The number of halogens is 1. The minimum Gasteiger partial charge on any atom is -0.342 e. The van der Waals surface area contributed by atoms with Gasteiger partial charge in [-0.05, 0) is 43.0 Å². The third kappa shape index (κ3) is 3.77. The minimum atomic E-state index is -0.281. The molecule has 24 heavy (non-hydrogen) atoms. The Morgan fingerprint density at radius 3 is 2.58 bits per heavy atom. The molecule has 1 aromatic heterocycles. The molecule has 0 saturated carbocycles. The number of thioether (sulfide) groups is 1. The fourth-order valence-corrected chi connectivity index (χ4v) is 3.58. The average molecular weight is 348 g/mol. The number of aromatic nitrogens is 3. The van der Waals surface area contributed by atoms with E-state index in [9.17, 15) is 9.18 Å². The van der Waals surface area contributed by atoms with Crippen LogP contribution in [0.4, 0.5) is 4.39 Å². The average Bonchev–Trinajstić information content (AvgIpc) is 2.95. The van der Waals surface area contributed by atoms with Crippen LogP contribution < -0.4 is 0 Å². The van der Waals surface area contributed by atoms with Crippen molar-refractivity contribution in [3.63, 3.8) is 0 Å². The Labute approximate surface area is 145 Å². The van der Waals surface area contributed by atoms with Crippen molar-refractivity contribution in [1.29, 1.82) is 0 Å². The van der Waals surface area contributed by atoms with E-state index in [1.54, 1.807) is 12.1 Å². The zero-order valence-corrected chi connectivity index (χ0v) is 14.7. The van der Waals surface area contributed by atoms with Crippen molar-refractivity contribution in [1.82, 2.24) is 19.7 Å². The Morgan fingerprint density at radius 1 is 1.25 bits per heavy atom. The van der Waals surface area contributed by atoms with Crippen LogP contribution >= 0.6 is 11.8 Å². The number of likely N-dealkylation sites (tertiary alicyclic amines) is 1. The van der Waals surface area contributed by atoms with E-state index in [2.05, 4.69) is 17.1 Å².